The van der Waals surface area contributed by atoms with Gasteiger partial charge in [0.25, 0.3) is 0 Å². The first-order valence-corrected chi connectivity index (χ1v) is 7.23. The fraction of sp³-hybridized carbons (Fsp3) is 0.533. The molecule has 2 N–H and O–H groups in total. The predicted molar refractivity (Wildman–Crippen MR) is 77.3 cm³/mol. The van der Waals surface area contributed by atoms with Crippen LogP contribution in [0, 0.1) is 5.92 Å². The van der Waals surface area contributed by atoms with Gasteiger partial charge in [0.1, 0.15) is 6.10 Å². The molecule has 0 heterocycles. The molecule has 3 nitrogen and oxygen atoms in total. The van der Waals surface area contributed by atoms with E-state index in [2.05, 4.69) is 6.92 Å². The number of halogens is 1. The number of ether oxygens (including phenoxy) is 1. The Balaban J connectivity index is 2.00. The molecule has 2 atom stereocenters. The maximum Gasteiger partial charge on any atom is 0.338 e. The predicted octanol–water partition coefficient (Wildman–Crippen LogP) is 4.05. The quantitative estimate of drug-likeness (QED) is 0.672. The molecule has 0 aromatic heterocycles. The Hall–Kier alpha value is -1.22. The van der Waals surface area contributed by atoms with Crippen molar-refractivity contribution in [3.8, 4) is 0 Å². The van der Waals surface area contributed by atoms with Crippen LogP contribution in [0.3, 0.4) is 0 Å². The van der Waals surface area contributed by atoms with Crippen LogP contribution in [0.25, 0.3) is 0 Å². The van der Waals surface area contributed by atoms with Crippen molar-refractivity contribution in [2.45, 2.75) is 45.1 Å². The van der Waals surface area contributed by atoms with E-state index < -0.39 is 0 Å². The van der Waals surface area contributed by atoms with E-state index in [0.29, 0.717) is 22.2 Å². The summed E-state index contributed by atoms with van der Waals surface area (Å²) in [5.41, 5.74) is 6.60. The minimum absolute atomic E-state index is 0.0337. The van der Waals surface area contributed by atoms with Gasteiger partial charge in [-0.05, 0) is 43.4 Å². The summed E-state index contributed by atoms with van der Waals surface area (Å²) in [5.74, 6) is 0.354. The molecular formula is C15H20ClNO2. The molecule has 0 radical (unpaired) electrons. The van der Waals surface area contributed by atoms with Crippen LogP contribution < -0.4 is 5.73 Å². The van der Waals surface area contributed by atoms with E-state index in [9.17, 15) is 4.79 Å². The van der Waals surface area contributed by atoms with Crippen molar-refractivity contribution >= 4 is 23.3 Å². The van der Waals surface area contributed by atoms with Crippen LogP contribution >= 0.6 is 11.6 Å². The van der Waals surface area contributed by atoms with Gasteiger partial charge in [0.2, 0.25) is 0 Å². The van der Waals surface area contributed by atoms with Crippen molar-refractivity contribution in [3.63, 3.8) is 0 Å². The number of hydrogen-bond acceptors (Lipinski definition) is 3. The number of esters is 1. The van der Waals surface area contributed by atoms with Gasteiger partial charge in [-0.15, -0.1) is 0 Å². The summed E-state index contributed by atoms with van der Waals surface area (Å²) in [7, 11) is 0. The van der Waals surface area contributed by atoms with Crippen LogP contribution in [-0.4, -0.2) is 12.1 Å². The molecule has 104 valence electrons. The Morgan fingerprint density at radius 3 is 2.89 bits per heavy atom. The third-order valence-electron chi connectivity index (χ3n) is 3.74. The largest absolute Gasteiger partial charge is 0.459 e. The lowest BCUT2D eigenvalue weighted by Gasteiger charge is -2.28. The molecule has 1 aliphatic carbocycles. The number of rotatable bonds is 3. The highest BCUT2D eigenvalue weighted by Crippen LogP contribution is 2.29. The van der Waals surface area contributed by atoms with E-state index in [0.717, 1.165) is 25.7 Å². The highest BCUT2D eigenvalue weighted by atomic mass is 35.5. The first-order chi connectivity index (χ1) is 9.08. The van der Waals surface area contributed by atoms with Gasteiger partial charge in [-0.3, -0.25) is 0 Å². The van der Waals surface area contributed by atoms with Gasteiger partial charge < -0.3 is 10.5 Å². The molecule has 1 fully saturated rings. The standard InChI is InChI=1S/C15H20ClNO2/c1-2-10-4-3-5-14(6-10)19-15(18)11-7-12(16)9-13(17)8-11/h7-10,14H,2-6,17H2,1H3. The highest BCUT2D eigenvalue weighted by Gasteiger charge is 2.24. The Bertz CT molecular complexity index is 441. The van der Waals surface area contributed by atoms with Crippen LogP contribution in [0.2, 0.25) is 5.02 Å². The number of carbonyl (C=O) groups excluding carboxylic acids is 1. The molecule has 1 aromatic rings. The number of anilines is 1. The molecule has 0 amide bonds. The van der Waals surface area contributed by atoms with Crippen LogP contribution in [0.15, 0.2) is 18.2 Å². The van der Waals surface area contributed by atoms with Crippen LogP contribution in [0.1, 0.15) is 49.4 Å². The zero-order valence-electron chi connectivity index (χ0n) is 11.2. The van der Waals surface area contributed by atoms with Gasteiger partial charge in [-0.2, -0.15) is 0 Å². The molecule has 0 saturated heterocycles. The van der Waals surface area contributed by atoms with Gasteiger partial charge in [0.15, 0.2) is 0 Å². The fourth-order valence-corrected chi connectivity index (χ4v) is 2.91. The van der Waals surface area contributed by atoms with Crippen LogP contribution in [0.5, 0.6) is 0 Å². The third-order valence-corrected chi connectivity index (χ3v) is 3.96. The summed E-state index contributed by atoms with van der Waals surface area (Å²) in [6.45, 7) is 2.19. The minimum Gasteiger partial charge on any atom is -0.459 e. The summed E-state index contributed by atoms with van der Waals surface area (Å²) in [6.07, 6.45) is 5.49. The molecule has 19 heavy (non-hydrogen) atoms. The summed E-state index contributed by atoms with van der Waals surface area (Å²) in [6, 6.07) is 4.82. The molecule has 4 heteroatoms. The van der Waals surface area contributed by atoms with Gasteiger partial charge in [-0.1, -0.05) is 31.4 Å². The number of nitrogen functional groups attached to an aromatic ring is 1. The van der Waals surface area contributed by atoms with Crippen molar-refractivity contribution in [1.82, 2.24) is 0 Å². The average molecular weight is 282 g/mol. The van der Waals surface area contributed by atoms with E-state index in [1.165, 1.54) is 6.42 Å². The van der Waals surface area contributed by atoms with E-state index in [1.54, 1.807) is 18.2 Å². The van der Waals surface area contributed by atoms with Gasteiger partial charge in [0.05, 0.1) is 5.56 Å². The van der Waals surface area contributed by atoms with Gasteiger partial charge >= 0.3 is 5.97 Å². The first-order valence-electron chi connectivity index (χ1n) is 6.85. The molecule has 0 aliphatic heterocycles. The smallest absolute Gasteiger partial charge is 0.338 e. The zero-order valence-corrected chi connectivity index (χ0v) is 12.0. The molecule has 1 aliphatic rings. The number of benzene rings is 1. The van der Waals surface area contributed by atoms with E-state index in [1.807, 2.05) is 0 Å². The lowest BCUT2D eigenvalue weighted by atomic mass is 9.85. The van der Waals surface area contributed by atoms with Crippen molar-refractivity contribution < 1.29 is 9.53 Å². The normalized spacial score (nSPS) is 23.1. The highest BCUT2D eigenvalue weighted by molar-refractivity contribution is 6.31. The lowest BCUT2D eigenvalue weighted by Crippen LogP contribution is -2.25. The Kier molecular flexibility index (Phi) is 4.70. The summed E-state index contributed by atoms with van der Waals surface area (Å²) < 4.78 is 5.57. The monoisotopic (exact) mass is 281 g/mol. The summed E-state index contributed by atoms with van der Waals surface area (Å²) >= 11 is 5.89. The molecule has 0 spiro atoms. The SMILES string of the molecule is CCC1CCCC(OC(=O)c2cc(N)cc(Cl)c2)C1. The maximum absolute atomic E-state index is 12.1. The lowest BCUT2D eigenvalue weighted by molar-refractivity contribution is 0.0140. The van der Waals surface area contributed by atoms with E-state index in [-0.39, 0.29) is 12.1 Å². The summed E-state index contributed by atoms with van der Waals surface area (Å²) in [4.78, 5) is 12.1. The second kappa shape index (κ2) is 6.29. The van der Waals surface area contributed by atoms with Crippen molar-refractivity contribution in [3.05, 3.63) is 28.8 Å². The van der Waals surface area contributed by atoms with E-state index >= 15 is 0 Å². The fourth-order valence-electron chi connectivity index (χ4n) is 2.67. The minimum atomic E-state index is -0.323. The average Bonchev–Trinajstić information content (AvgIpc) is 2.37. The maximum atomic E-state index is 12.1. The van der Waals surface area contributed by atoms with Gasteiger partial charge in [0, 0.05) is 10.7 Å². The van der Waals surface area contributed by atoms with Crippen molar-refractivity contribution in [1.29, 1.82) is 0 Å². The second-order valence-electron chi connectivity index (χ2n) is 5.24. The molecule has 0 bridgehead atoms. The topological polar surface area (TPSA) is 52.3 Å². The van der Waals surface area contributed by atoms with Crippen LogP contribution in [-0.2, 0) is 4.74 Å². The molecule has 2 unspecified atom stereocenters. The Morgan fingerprint density at radius 2 is 2.21 bits per heavy atom. The van der Waals surface area contributed by atoms with Crippen molar-refractivity contribution in [2.24, 2.45) is 5.92 Å². The van der Waals surface area contributed by atoms with Gasteiger partial charge in [-0.25, -0.2) is 4.79 Å². The molecule has 1 saturated carbocycles. The Labute approximate surface area is 119 Å². The molecular weight excluding hydrogens is 262 g/mol. The van der Waals surface area contributed by atoms with E-state index in [4.69, 9.17) is 22.1 Å². The van der Waals surface area contributed by atoms with Crippen LogP contribution in [0.4, 0.5) is 5.69 Å². The third kappa shape index (κ3) is 3.87. The zero-order chi connectivity index (χ0) is 13.8. The first kappa shape index (κ1) is 14.2. The number of nitrogens with two attached hydrogens (primary N) is 1. The Morgan fingerprint density at radius 1 is 1.42 bits per heavy atom. The van der Waals surface area contributed by atoms with Crippen molar-refractivity contribution in [2.75, 3.05) is 5.73 Å². The molecule has 1 aromatic carbocycles. The molecule has 2 rings (SSSR count). The number of carbonyl (C=O) groups is 1. The number of hydrogen-bond donors (Lipinski definition) is 1. The second-order valence-corrected chi connectivity index (χ2v) is 5.68. The summed E-state index contributed by atoms with van der Waals surface area (Å²) in [5, 5.41) is 0.460.